The van der Waals surface area contributed by atoms with Crippen LogP contribution >= 0.6 is 15.9 Å². The smallest absolute Gasteiger partial charge is 0.336 e. The lowest BCUT2D eigenvalue weighted by atomic mass is 10.1. The van der Waals surface area contributed by atoms with Crippen LogP contribution in [0.15, 0.2) is 57.4 Å². The molecule has 0 bridgehead atoms. The van der Waals surface area contributed by atoms with Crippen molar-refractivity contribution in [3.05, 3.63) is 81.5 Å². The number of hydrogen-bond donors (Lipinski definition) is 1. The Labute approximate surface area is 146 Å². The second kappa shape index (κ2) is 7.23. The highest BCUT2D eigenvalue weighted by atomic mass is 79.9. The fourth-order valence-electron chi connectivity index (χ4n) is 2.23. The van der Waals surface area contributed by atoms with E-state index in [1.807, 2.05) is 24.3 Å². The number of carboxylic acids is 1. The van der Waals surface area contributed by atoms with Crippen LogP contribution in [-0.4, -0.2) is 21.3 Å². The first-order valence-corrected chi connectivity index (χ1v) is 7.98. The van der Waals surface area contributed by atoms with Crippen molar-refractivity contribution in [3.8, 4) is 0 Å². The lowest BCUT2D eigenvalue weighted by molar-refractivity contribution is 0.0696. The van der Waals surface area contributed by atoms with Crippen molar-refractivity contribution in [2.45, 2.75) is 6.42 Å². The number of carboxylic acid groups (broad SMARTS) is 1. The Morgan fingerprint density at radius 2 is 1.96 bits per heavy atom. The third kappa shape index (κ3) is 3.97. The molecule has 0 radical (unpaired) electrons. The molecule has 6 heteroatoms. The van der Waals surface area contributed by atoms with Gasteiger partial charge >= 0.3 is 5.97 Å². The summed E-state index contributed by atoms with van der Waals surface area (Å²) in [5.74, 6) is -0.143. The van der Waals surface area contributed by atoms with Crippen molar-refractivity contribution in [3.63, 3.8) is 0 Å². The Kier molecular flexibility index (Phi) is 4.86. The normalized spacial score (nSPS) is 11.0. The van der Waals surface area contributed by atoms with Crippen LogP contribution in [0.1, 0.15) is 33.3 Å². The van der Waals surface area contributed by atoms with Crippen molar-refractivity contribution in [1.82, 2.24) is 10.2 Å². The van der Waals surface area contributed by atoms with Crippen molar-refractivity contribution in [1.29, 1.82) is 0 Å². The topological polar surface area (TPSA) is 76.2 Å². The lowest BCUT2D eigenvalue weighted by Gasteiger charge is -1.99. The molecule has 0 unspecified atom stereocenters. The molecule has 0 aliphatic heterocycles. The molecule has 24 heavy (non-hydrogen) atoms. The minimum absolute atomic E-state index is 0.225. The molecule has 3 rings (SSSR count). The minimum atomic E-state index is -0.976. The van der Waals surface area contributed by atoms with Crippen LogP contribution in [-0.2, 0) is 6.42 Å². The third-order valence-electron chi connectivity index (χ3n) is 3.32. The predicted molar refractivity (Wildman–Crippen MR) is 93.6 cm³/mol. The van der Waals surface area contributed by atoms with E-state index in [2.05, 4.69) is 26.1 Å². The van der Waals surface area contributed by atoms with E-state index in [0.717, 1.165) is 10.0 Å². The highest BCUT2D eigenvalue weighted by molar-refractivity contribution is 9.10. The van der Waals surface area contributed by atoms with Crippen LogP contribution in [0.4, 0.5) is 0 Å². The van der Waals surface area contributed by atoms with Crippen molar-refractivity contribution in [2.75, 3.05) is 0 Å². The molecule has 0 fully saturated rings. The SMILES string of the molecule is O=C(O)c1ccccc1/C=C/c1nnc(Cc2cccc(Br)c2)o1. The summed E-state index contributed by atoms with van der Waals surface area (Å²) in [5.41, 5.74) is 1.86. The molecular weight excluding hydrogens is 372 g/mol. The maximum atomic E-state index is 11.2. The maximum Gasteiger partial charge on any atom is 0.336 e. The van der Waals surface area contributed by atoms with E-state index in [9.17, 15) is 4.79 Å². The molecule has 0 amide bonds. The Bertz CT molecular complexity index is 903. The molecule has 0 aliphatic carbocycles. The summed E-state index contributed by atoms with van der Waals surface area (Å²) < 4.78 is 6.57. The van der Waals surface area contributed by atoms with E-state index in [1.165, 1.54) is 0 Å². The molecule has 5 nitrogen and oxygen atoms in total. The Balaban J connectivity index is 1.76. The van der Waals surface area contributed by atoms with E-state index in [4.69, 9.17) is 9.52 Å². The highest BCUT2D eigenvalue weighted by Gasteiger charge is 2.08. The van der Waals surface area contributed by atoms with E-state index in [0.29, 0.717) is 23.8 Å². The van der Waals surface area contributed by atoms with Crippen molar-refractivity contribution < 1.29 is 14.3 Å². The number of rotatable bonds is 5. The highest BCUT2D eigenvalue weighted by Crippen LogP contribution is 2.16. The van der Waals surface area contributed by atoms with Crippen LogP contribution in [0.25, 0.3) is 12.2 Å². The van der Waals surface area contributed by atoms with E-state index >= 15 is 0 Å². The number of aromatic carboxylic acids is 1. The van der Waals surface area contributed by atoms with Crippen LogP contribution in [0.5, 0.6) is 0 Å². The van der Waals surface area contributed by atoms with Crippen LogP contribution < -0.4 is 0 Å². The third-order valence-corrected chi connectivity index (χ3v) is 3.82. The monoisotopic (exact) mass is 384 g/mol. The molecule has 0 saturated carbocycles. The average molecular weight is 385 g/mol. The van der Waals surface area contributed by atoms with E-state index < -0.39 is 5.97 Å². The Morgan fingerprint density at radius 3 is 2.75 bits per heavy atom. The molecule has 1 heterocycles. The van der Waals surface area contributed by atoms with Gasteiger partial charge in [-0.3, -0.25) is 0 Å². The molecule has 0 saturated heterocycles. The average Bonchev–Trinajstić information content (AvgIpc) is 3.00. The number of hydrogen-bond acceptors (Lipinski definition) is 4. The first-order valence-electron chi connectivity index (χ1n) is 7.19. The quantitative estimate of drug-likeness (QED) is 0.709. The van der Waals surface area contributed by atoms with Gasteiger partial charge in [-0.2, -0.15) is 0 Å². The van der Waals surface area contributed by atoms with Gasteiger partial charge in [0, 0.05) is 10.5 Å². The molecule has 0 spiro atoms. The summed E-state index contributed by atoms with van der Waals surface area (Å²) >= 11 is 3.42. The summed E-state index contributed by atoms with van der Waals surface area (Å²) in [4.78, 5) is 11.2. The number of aromatic nitrogens is 2. The minimum Gasteiger partial charge on any atom is -0.478 e. The Morgan fingerprint density at radius 1 is 1.12 bits per heavy atom. The molecule has 3 aromatic rings. The Hall–Kier alpha value is -2.73. The number of carbonyl (C=O) groups is 1. The lowest BCUT2D eigenvalue weighted by Crippen LogP contribution is -1.98. The van der Waals surface area contributed by atoms with Gasteiger partial charge in [0.15, 0.2) is 0 Å². The maximum absolute atomic E-state index is 11.2. The summed E-state index contributed by atoms with van der Waals surface area (Å²) in [5, 5.41) is 17.1. The summed E-state index contributed by atoms with van der Waals surface area (Å²) in [6.45, 7) is 0. The fourth-order valence-corrected chi connectivity index (χ4v) is 2.67. The molecule has 120 valence electrons. The van der Waals surface area contributed by atoms with Crippen LogP contribution in [0.2, 0.25) is 0 Å². The van der Waals surface area contributed by atoms with Crippen LogP contribution in [0, 0.1) is 0 Å². The standard InChI is InChI=1S/C18H13BrN2O3/c19-14-6-3-4-12(10-14)11-17-21-20-16(24-17)9-8-13-5-1-2-7-15(13)18(22)23/h1-10H,11H2,(H,22,23)/b9-8+. The van der Waals surface area contributed by atoms with Gasteiger partial charge in [-0.05, 0) is 35.4 Å². The predicted octanol–water partition coefficient (Wildman–Crippen LogP) is 4.29. The van der Waals surface area contributed by atoms with Gasteiger partial charge < -0.3 is 9.52 Å². The van der Waals surface area contributed by atoms with Gasteiger partial charge in [0.05, 0.1) is 12.0 Å². The zero-order valence-electron chi connectivity index (χ0n) is 12.5. The molecule has 0 atom stereocenters. The van der Waals surface area contributed by atoms with Crippen molar-refractivity contribution in [2.24, 2.45) is 0 Å². The summed E-state index contributed by atoms with van der Waals surface area (Å²) in [6, 6.07) is 14.6. The second-order valence-electron chi connectivity index (χ2n) is 5.07. The largest absolute Gasteiger partial charge is 0.478 e. The molecule has 0 aliphatic rings. The van der Waals surface area contributed by atoms with Gasteiger partial charge in [-0.25, -0.2) is 4.79 Å². The summed E-state index contributed by atoms with van der Waals surface area (Å²) in [6.07, 6.45) is 3.80. The van der Waals surface area contributed by atoms with E-state index in [1.54, 1.807) is 36.4 Å². The van der Waals surface area contributed by atoms with Crippen LogP contribution in [0.3, 0.4) is 0 Å². The summed E-state index contributed by atoms with van der Waals surface area (Å²) in [7, 11) is 0. The molecule has 2 aromatic carbocycles. The molecule has 1 aromatic heterocycles. The van der Waals surface area contributed by atoms with Gasteiger partial charge in [0.2, 0.25) is 11.8 Å². The van der Waals surface area contributed by atoms with Gasteiger partial charge in [0.1, 0.15) is 0 Å². The first-order chi connectivity index (χ1) is 11.6. The number of benzene rings is 2. The van der Waals surface area contributed by atoms with Crippen molar-refractivity contribution >= 4 is 34.1 Å². The fraction of sp³-hybridized carbons (Fsp3) is 0.0556. The first kappa shape index (κ1) is 16.1. The van der Waals surface area contributed by atoms with Gasteiger partial charge in [-0.15, -0.1) is 10.2 Å². The molecular formula is C18H13BrN2O3. The zero-order valence-corrected chi connectivity index (χ0v) is 14.1. The van der Waals surface area contributed by atoms with E-state index in [-0.39, 0.29) is 5.56 Å². The second-order valence-corrected chi connectivity index (χ2v) is 5.98. The number of halogens is 1. The van der Waals surface area contributed by atoms with Gasteiger partial charge in [-0.1, -0.05) is 46.3 Å². The van der Waals surface area contributed by atoms with Gasteiger partial charge in [0.25, 0.3) is 0 Å². The zero-order chi connectivity index (χ0) is 16.9. The molecule has 1 N–H and O–H groups in total. The number of nitrogens with zero attached hydrogens (tertiary/aromatic N) is 2.